The summed E-state index contributed by atoms with van der Waals surface area (Å²) in [6, 6.07) is 10.9. The Hall–Kier alpha value is -2.49. The van der Waals surface area contributed by atoms with Crippen molar-refractivity contribution < 1.29 is 15.3 Å². The van der Waals surface area contributed by atoms with Gasteiger partial charge in [-0.15, -0.1) is 0 Å². The summed E-state index contributed by atoms with van der Waals surface area (Å²) >= 11 is 0. The average Bonchev–Trinajstić information content (AvgIpc) is 2.33. The molecule has 0 aliphatic heterocycles. The van der Waals surface area contributed by atoms with E-state index in [-0.39, 0.29) is 17.2 Å². The number of benzene rings is 2. The minimum absolute atomic E-state index is 0.160. The molecule has 0 aromatic heterocycles. The summed E-state index contributed by atoms with van der Waals surface area (Å²) in [4.78, 5) is 4.16. The van der Waals surface area contributed by atoms with Crippen molar-refractivity contribution in [3.8, 4) is 17.2 Å². The van der Waals surface area contributed by atoms with Gasteiger partial charge in [-0.2, -0.15) is 0 Å². The number of nitrogens with zero attached hydrogens (tertiary/aromatic N) is 1. The van der Waals surface area contributed by atoms with Crippen LogP contribution in [0.3, 0.4) is 0 Å². The van der Waals surface area contributed by atoms with Gasteiger partial charge in [0.2, 0.25) is 0 Å². The third-order valence-electron chi connectivity index (χ3n) is 2.21. The summed E-state index contributed by atoms with van der Waals surface area (Å²) in [6.07, 6.45) is 1.56. The predicted octanol–water partition coefficient (Wildman–Crippen LogP) is 2.55. The Labute approximate surface area is 98.1 Å². The lowest BCUT2D eigenvalue weighted by molar-refractivity contribution is 0.403. The first-order chi connectivity index (χ1) is 8.15. The standard InChI is InChI=1S/C13H11NO3/c15-11-4-2-10(3-5-11)14-8-9-1-6-12(16)13(17)7-9/h1-8,15-17H/b14-8+. The minimum Gasteiger partial charge on any atom is -0.508 e. The van der Waals surface area contributed by atoms with Gasteiger partial charge < -0.3 is 15.3 Å². The highest BCUT2D eigenvalue weighted by Crippen LogP contribution is 2.24. The lowest BCUT2D eigenvalue weighted by atomic mass is 10.2. The zero-order valence-electron chi connectivity index (χ0n) is 8.91. The van der Waals surface area contributed by atoms with E-state index >= 15 is 0 Å². The molecule has 0 radical (unpaired) electrons. The molecule has 0 aliphatic carbocycles. The highest BCUT2D eigenvalue weighted by molar-refractivity contribution is 5.83. The van der Waals surface area contributed by atoms with Crippen molar-refractivity contribution in [1.29, 1.82) is 0 Å². The molecule has 86 valence electrons. The van der Waals surface area contributed by atoms with Crippen LogP contribution in [-0.2, 0) is 0 Å². The van der Waals surface area contributed by atoms with E-state index in [1.54, 1.807) is 36.5 Å². The number of phenols is 3. The molecule has 0 unspecified atom stereocenters. The van der Waals surface area contributed by atoms with Gasteiger partial charge in [0.25, 0.3) is 0 Å². The number of hydrogen-bond donors (Lipinski definition) is 3. The maximum atomic E-state index is 9.29. The minimum atomic E-state index is -0.181. The maximum absolute atomic E-state index is 9.29. The summed E-state index contributed by atoms with van der Waals surface area (Å²) in [5, 5.41) is 27.5. The van der Waals surface area contributed by atoms with Crippen LogP contribution in [0.4, 0.5) is 5.69 Å². The van der Waals surface area contributed by atoms with E-state index in [2.05, 4.69) is 4.99 Å². The third kappa shape index (κ3) is 2.75. The van der Waals surface area contributed by atoms with Crippen molar-refractivity contribution in [2.24, 2.45) is 4.99 Å². The molecule has 3 N–H and O–H groups in total. The van der Waals surface area contributed by atoms with Crippen molar-refractivity contribution in [1.82, 2.24) is 0 Å². The van der Waals surface area contributed by atoms with Crippen LogP contribution in [0.15, 0.2) is 47.5 Å². The summed E-state index contributed by atoms with van der Waals surface area (Å²) < 4.78 is 0. The molecule has 2 aromatic carbocycles. The molecule has 4 heteroatoms. The Morgan fingerprint density at radius 3 is 2.18 bits per heavy atom. The molecular formula is C13H11NO3. The normalized spacial score (nSPS) is 10.8. The molecular weight excluding hydrogens is 218 g/mol. The fraction of sp³-hybridized carbons (Fsp3) is 0. The molecule has 0 saturated carbocycles. The largest absolute Gasteiger partial charge is 0.508 e. The second-order valence-electron chi connectivity index (χ2n) is 3.52. The number of aromatic hydroxyl groups is 3. The van der Waals surface area contributed by atoms with Gasteiger partial charge in [0.1, 0.15) is 5.75 Å². The smallest absolute Gasteiger partial charge is 0.158 e. The number of phenolic OH excluding ortho intramolecular Hbond substituents is 3. The van der Waals surface area contributed by atoms with Crippen LogP contribution in [0.5, 0.6) is 17.2 Å². The first-order valence-electron chi connectivity index (χ1n) is 5.00. The van der Waals surface area contributed by atoms with Crippen molar-refractivity contribution in [2.75, 3.05) is 0 Å². The lowest BCUT2D eigenvalue weighted by Gasteiger charge is -1.98. The van der Waals surface area contributed by atoms with Gasteiger partial charge in [-0.25, -0.2) is 0 Å². The Bertz CT molecular complexity index is 547. The monoisotopic (exact) mass is 229 g/mol. The zero-order chi connectivity index (χ0) is 12.3. The average molecular weight is 229 g/mol. The van der Waals surface area contributed by atoms with Gasteiger partial charge in [0.15, 0.2) is 11.5 Å². The summed E-state index contributed by atoms with van der Waals surface area (Å²) in [5.74, 6) is -0.155. The second-order valence-corrected chi connectivity index (χ2v) is 3.52. The molecule has 0 saturated heterocycles. The van der Waals surface area contributed by atoms with Crippen LogP contribution in [0.25, 0.3) is 0 Å². The second kappa shape index (κ2) is 4.57. The molecule has 0 fully saturated rings. The molecule has 0 amide bonds. The van der Waals surface area contributed by atoms with Crippen LogP contribution in [0.1, 0.15) is 5.56 Å². The van der Waals surface area contributed by atoms with Gasteiger partial charge in [-0.05, 0) is 48.0 Å². The predicted molar refractivity (Wildman–Crippen MR) is 65.1 cm³/mol. The summed E-state index contributed by atoms with van der Waals surface area (Å²) in [6.45, 7) is 0. The van der Waals surface area contributed by atoms with Crippen molar-refractivity contribution in [2.45, 2.75) is 0 Å². The molecule has 17 heavy (non-hydrogen) atoms. The van der Waals surface area contributed by atoms with E-state index in [4.69, 9.17) is 10.2 Å². The molecule has 2 aromatic rings. The van der Waals surface area contributed by atoms with Crippen LogP contribution in [0.2, 0.25) is 0 Å². The van der Waals surface area contributed by atoms with Gasteiger partial charge >= 0.3 is 0 Å². The van der Waals surface area contributed by atoms with Crippen LogP contribution >= 0.6 is 0 Å². The molecule has 0 bridgehead atoms. The van der Waals surface area contributed by atoms with E-state index in [0.717, 1.165) is 0 Å². The molecule has 2 rings (SSSR count). The molecule has 0 atom stereocenters. The van der Waals surface area contributed by atoms with Gasteiger partial charge in [-0.3, -0.25) is 4.99 Å². The molecule has 0 heterocycles. The number of hydrogen-bond acceptors (Lipinski definition) is 4. The highest BCUT2D eigenvalue weighted by Gasteiger charge is 1.98. The Kier molecular flexibility index (Phi) is 2.96. The number of aliphatic imine (C=N–C) groups is 1. The van der Waals surface area contributed by atoms with Gasteiger partial charge in [0.05, 0.1) is 5.69 Å². The van der Waals surface area contributed by atoms with E-state index in [9.17, 15) is 5.11 Å². The first kappa shape index (κ1) is 11.0. The Morgan fingerprint density at radius 2 is 1.53 bits per heavy atom. The summed E-state index contributed by atoms with van der Waals surface area (Å²) in [7, 11) is 0. The number of rotatable bonds is 2. The quantitative estimate of drug-likeness (QED) is 0.547. The van der Waals surface area contributed by atoms with Crippen molar-refractivity contribution in [3.63, 3.8) is 0 Å². The van der Waals surface area contributed by atoms with E-state index in [0.29, 0.717) is 11.3 Å². The van der Waals surface area contributed by atoms with E-state index < -0.39 is 0 Å². The maximum Gasteiger partial charge on any atom is 0.158 e. The molecule has 4 nitrogen and oxygen atoms in total. The Balaban J connectivity index is 2.20. The summed E-state index contributed by atoms with van der Waals surface area (Å²) in [5.41, 5.74) is 1.36. The molecule has 0 spiro atoms. The lowest BCUT2D eigenvalue weighted by Crippen LogP contribution is -1.80. The topological polar surface area (TPSA) is 73.1 Å². The Morgan fingerprint density at radius 1 is 0.824 bits per heavy atom. The third-order valence-corrected chi connectivity index (χ3v) is 2.21. The van der Waals surface area contributed by atoms with E-state index in [1.807, 2.05) is 0 Å². The van der Waals surface area contributed by atoms with Crippen LogP contribution in [-0.4, -0.2) is 21.5 Å². The SMILES string of the molecule is Oc1ccc(/N=C/c2ccc(O)c(O)c2)cc1. The van der Waals surface area contributed by atoms with E-state index in [1.165, 1.54) is 12.1 Å². The first-order valence-corrected chi connectivity index (χ1v) is 5.00. The van der Waals surface area contributed by atoms with Crippen molar-refractivity contribution in [3.05, 3.63) is 48.0 Å². The van der Waals surface area contributed by atoms with Crippen LogP contribution < -0.4 is 0 Å². The highest BCUT2D eigenvalue weighted by atomic mass is 16.3. The van der Waals surface area contributed by atoms with Crippen molar-refractivity contribution >= 4 is 11.9 Å². The van der Waals surface area contributed by atoms with Gasteiger partial charge in [0, 0.05) is 6.21 Å². The fourth-order valence-corrected chi connectivity index (χ4v) is 1.31. The van der Waals surface area contributed by atoms with Crippen LogP contribution in [0, 0.1) is 0 Å². The van der Waals surface area contributed by atoms with Gasteiger partial charge in [-0.1, -0.05) is 0 Å². The zero-order valence-corrected chi connectivity index (χ0v) is 8.91. The fourth-order valence-electron chi connectivity index (χ4n) is 1.31. The molecule has 0 aliphatic rings.